The number of aromatic nitrogens is 2. The molecule has 7 nitrogen and oxygen atoms in total. The molecule has 1 aliphatic rings. The summed E-state index contributed by atoms with van der Waals surface area (Å²) in [6.45, 7) is 3.16. The Balaban J connectivity index is 1.57. The van der Waals surface area contributed by atoms with E-state index >= 15 is 0 Å². The van der Waals surface area contributed by atoms with Gasteiger partial charge in [-0.15, -0.1) is 0 Å². The fourth-order valence-corrected chi connectivity index (χ4v) is 2.97. The number of nitro groups is 1. The van der Waals surface area contributed by atoms with Crippen LogP contribution in [-0.2, 0) is 6.54 Å². The lowest BCUT2D eigenvalue weighted by atomic mass is 9.95. The van der Waals surface area contributed by atoms with Gasteiger partial charge in [-0.3, -0.25) is 4.90 Å². The maximum Gasteiger partial charge on any atom is 0.389 e. The van der Waals surface area contributed by atoms with Crippen molar-refractivity contribution in [2.45, 2.75) is 18.5 Å². The van der Waals surface area contributed by atoms with E-state index in [1.165, 1.54) is 11.6 Å². The molecule has 0 spiro atoms. The van der Waals surface area contributed by atoms with Crippen LogP contribution in [0.4, 0.5) is 5.82 Å². The molecular formula is C15H19N5O2. The number of rotatable bonds is 5. The lowest BCUT2D eigenvalue weighted by molar-refractivity contribution is -0.389. The van der Waals surface area contributed by atoms with Gasteiger partial charge in [0.1, 0.15) is 0 Å². The molecule has 2 N–H and O–H groups in total. The van der Waals surface area contributed by atoms with Crippen molar-refractivity contribution in [1.29, 1.82) is 0 Å². The van der Waals surface area contributed by atoms with Crippen molar-refractivity contribution in [3.63, 3.8) is 0 Å². The third-order valence-electron chi connectivity index (χ3n) is 4.13. The Labute approximate surface area is 128 Å². The van der Waals surface area contributed by atoms with Crippen molar-refractivity contribution in [3.8, 4) is 0 Å². The molecule has 116 valence electrons. The third kappa shape index (κ3) is 3.15. The van der Waals surface area contributed by atoms with Crippen LogP contribution < -0.4 is 5.73 Å². The van der Waals surface area contributed by atoms with Gasteiger partial charge in [0.05, 0.1) is 23.9 Å². The van der Waals surface area contributed by atoms with Crippen LogP contribution in [0.2, 0.25) is 0 Å². The normalized spacial score (nSPS) is 22.0. The van der Waals surface area contributed by atoms with Gasteiger partial charge in [0, 0.05) is 31.6 Å². The highest BCUT2D eigenvalue weighted by Gasteiger charge is 2.30. The maximum absolute atomic E-state index is 10.6. The Morgan fingerprint density at radius 1 is 1.23 bits per heavy atom. The molecule has 3 rings (SSSR count). The van der Waals surface area contributed by atoms with E-state index in [0.717, 1.165) is 19.6 Å². The average molecular weight is 301 g/mol. The van der Waals surface area contributed by atoms with Gasteiger partial charge in [0.25, 0.3) is 0 Å². The lowest BCUT2D eigenvalue weighted by Gasteiger charge is -2.15. The van der Waals surface area contributed by atoms with Crippen LogP contribution in [-0.4, -0.2) is 45.3 Å². The first-order valence-corrected chi connectivity index (χ1v) is 7.34. The van der Waals surface area contributed by atoms with E-state index in [2.05, 4.69) is 22.1 Å². The molecule has 1 aromatic heterocycles. The zero-order chi connectivity index (χ0) is 15.5. The Bertz CT molecular complexity index is 642. The minimum atomic E-state index is -0.478. The molecule has 2 heterocycles. The van der Waals surface area contributed by atoms with Gasteiger partial charge in [-0.2, -0.15) is 4.68 Å². The van der Waals surface area contributed by atoms with Gasteiger partial charge in [-0.05, 0) is 10.5 Å². The number of likely N-dealkylation sites (tertiary alicyclic amines) is 1. The first kappa shape index (κ1) is 14.7. The second-order valence-electron chi connectivity index (χ2n) is 5.63. The predicted molar refractivity (Wildman–Crippen MR) is 82.5 cm³/mol. The second kappa shape index (κ2) is 6.25. The average Bonchev–Trinajstić information content (AvgIpc) is 3.13. The van der Waals surface area contributed by atoms with Gasteiger partial charge in [-0.25, -0.2) is 0 Å². The molecule has 0 unspecified atom stereocenters. The molecule has 0 bridgehead atoms. The van der Waals surface area contributed by atoms with E-state index in [1.807, 2.05) is 18.2 Å². The molecule has 2 atom stereocenters. The summed E-state index contributed by atoms with van der Waals surface area (Å²) in [7, 11) is 0. The molecule has 1 aliphatic heterocycles. The molecule has 0 aliphatic carbocycles. The van der Waals surface area contributed by atoms with Crippen LogP contribution in [0.3, 0.4) is 0 Å². The molecule has 0 saturated carbocycles. The molecule has 22 heavy (non-hydrogen) atoms. The van der Waals surface area contributed by atoms with E-state index in [9.17, 15) is 10.1 Å². The predicted octanol–water partition coefficient (Wildman–Crippen LogP) is 1.22. The van der Waals surface area contributed by atoms with Crippen LogP contribution >= 0.6 is 0 Å². The molecule has 1 saturated heterocycles. The fourth-order valence-electron chi connectivity index (χ4n) is 2.97. The quantitative estimate of drug-likeness (QED) is 0.662. The van der Waals surface area contributed by atoms with Crippen molar-refractivity contribution < 1.29 is 4.92 Å². The first-order valence-electron chi connectivity index (χ1n) is 7.34. The zero-order valence-corrected chi connectivity index (χ0v) is 12.2. The topological polar surface area (TPSA) is 90.2 Å². The highest BCUT2D eigenvalue weighted by atomic mass is 16.6. The van der Waals surface area contributed by atoms with Crippen LogP contribution in [0, 0.1) is 10.1 Å². The maximum atomic E-state index is 10.6. The Kier molecular flexibility index (Phi) is 4.17. The van der Waals surface area contributed by atoms with Crippen molar-refractivity contribution in [1.82, 2.24) is 14.7 Å². The molecule has 1 aromatic carbocycles. The lowest BCUT2D eigenvalue weighted by Crippen LogP contribution is -2.30. The molecule has 7 heteroatoms. The molecule has 1 fully saturated rings. The highest BCUT2D eigenvalue weighted by molar-refractivity contribution is 5.23. The molecule has 0 radical (unpaired) electrons. The van der Waals surface area contributed by atoms with Gasteiger partial charge >= 0.3 is 5.82 Å². The van der Waals surface area contributed by atoms with E-state index in [1.54, 1.807) is 10.9 Å². The standard InChI is InChI=1S/C15H19N5O2/c16-14-11-18(10-13(14)12-4-2-1-3-5-12)8-9-19-7-6-15(17-19)20(21)22/h1-7,13-14H,8-11,16H2/t13-,14+/m0/s1. The molecule has 0 amide bonds. The van der Waals surface area contributed by atoms with E-state index < -0.39 is 4.92 Å². The molecule has 2 aromatic rings. The number of hydrogen-bond acceptors (Lipinski definition) is 5. The van der Waals surface area contributed by atoms with Crippen molar-refractivity contribution in [3.05, 3.63) is 58.3 Å². The minimum absolute atomic E-state index is 0.111. The van der Waals surface area contributed by atoms with Crippen LogP contribution in [0.15, 0.2) is 42.6 Å². The van der Waals surface area contributed by atoms with Crippen molar-refractivity contribution in [2.75, 3.05) is 19.6 Å². The van der Waals surface area contributed by atoms with Crippen LogP contribution in [0.5, 0.6) is 0 Å². The number of nitrogens with zero attached hydrogens (tertiary/aromatic N) is 4. The minimum Gasteiger partial charge on any atom is -0.358 e. The Morgan fingerprint density at radius 2 is 2.00 bits per heavy atom. The SMILES string of the molecule is N[C@@H]1CN(CCn2ccc([N+](=O)[O-])n2)C[C@H]1c1ccccc1. The van der Waals surface area contributed by atoms with Crippen molar-refractivity contribution in [2.24, 2.45) is 5.73 Å². The smallest absolute Gasteiger partial charge is 0.358 e. The monoisotopic (exact) mass is 301 g/mol. The van der Waals surface area contributed by atoms with E-state index in [4.69, 9.17) is 5.73 Å². The summed E-state index contributed by atoms with van der Waals surface area (Å²) in [5, 5.41) is 14.5. The Morgan fingerprint density at radius 3 is 2.68 bits per heavy atom. The number of benzene rings is 1. The third-order valence-corrected chi connectivity index (χ3v) is 4.13. The van der Waals surface area contributed by atoms with Gasteiger partial charge in [-0.1, -0.05) is 30.3 Å². The van der Waals surface area contributed by atoms with Crippen LogP contribution in [0.25, 0.3) is 0 Å². The van der Waals surface area contributed by atoms with E-state index in [0.29, 0.717) is 12.5 Å². The highest BCUT2D eigenvalue weighted by Crippen LogP contribution is 2.26. The summed E-state index contributed by atoms with van der Waals surface area (Å²) < 4.78 is 1.61. The summed E-state index contributed by atoms with van der Waals surface area (Å²) in [6.07, 6.45) is 1.64. The van der Waals surface area contributed by atoms with Gasteiger partial charge in [0.2, 0.25) is 0 Å². The Hall–Kier alpha value is -2.25. The summed E-state index contributed by atoms with van der Waals surface area (Å²) in [5.74, 6) is 0.230. The molecular weight excluding hydrogens is 282 g/mol. The largest absolute Gasteiger partial charge is 0.389 e. The first-order chi connectivity index (χ1) is 10.6. The van der Waals surface area contributed by atoms with Gasteiger partial charge < -0.3 is 15.8 Å². The summed E-state index contributed by atoms with van der Waals surface area (Å²) in [6, 6.07) is 11.8. The van der Waals surface area contributed by atoms with Crippen LogP contribution in [0.1, 0.15) is 11.5 Å². The van der Waals surface area contributed by atoms with Gasteiger partial charge in [0.15, 0.2) is 0 Å². The zero-order valence-electron chi connectivity index (χ0n) is 12.2. The van der Waals surface area contributed by atoms with Crippen molar-refractivity contribution >= 4 is 5.82 Å². The van der Waals surface area contributed by atoms with E-state index in [-0.39, 0.29) is 11.9 Å². The number of hydrogen-bond donors (Lipinski definition) is 1. The summed E-state index contributed by atoms with van der Waals surface area (Å²) in [5.41, 5.74) is 7.53. The second-order valence-corrected chi connectivity index (χ2v) is 5.63. The number of nitrogens with two attached hydrogens (primary N) is 1. The summed E-state index contributed by atoms with van der Waals surface area (Å²) >= 11 is 0. The fraction of sp³-hybridized carbons (Fsp3) is 0.400. The summed E-state index contributed by atoms with van der Waals surface area (Å²) in [4.78, 5) is 12.4.